The van der Waals surface area contributed by atoms with Gasteiger partial charge in [-0.05, 0) is 30.2 Å². The molecule has 2 nitrogen and oxygen atoms in total. The Bertz CT molecular complexity index is 360. The van der Waals surface area contributed by atoms with Gasteiger partial charge in [0.2, 0.25) is 0 Å². The Kier molecular flexibility index (Phi) is 2.03. The van der Waals surface area contributed by atoms with Crippen molar-refractivity contribution in [2.45, 2.75) is 12.5 Å². The summed E-state index contributed by atoms with van der Waals surface area (Å²) in [5.74, 6) is 0. The van der Waals surface area contributed by atoms with E-state index in [4.69, 9.17) is 0 Å². The molecular formula is C11H13BrN2. The van der Waals surface area contributed by atoms with Gasteiger partial charge in [-0.3, -0.25) is 0 Å². The van der Waals surface area contributed by atoms with E-state index in [-0.39, 0.29) is 0 Å². The van der Waals surface area contributed by atoms with Crippen LogP contribution >= 0.6 is 15.9 Å². The molecule has 2 aliphatic rings. The molecule has 74 valence electrons. The zero-order valence-electron chi connectivity index (χ0n) is 7.96. The van der Waals surface area contributed by atoms with E-state index < -0.39 is 0 Å². The second-order valence-electron chi connectivity index (χ2n) is 4.03. The maximum Gasteiger partial charge on any atom is 0.0539 e. The third-order valence-electron chi connectivity index (χ3n) is 3.17. The van der Waals surface area contributed by atoms with Crippen molar-refractivity contribution in [3.8, 4) is 0 Å². The van der Waals surface area contributed by atoms with Crippen LogP contribution < -0.4 is 10.2 Å². The number of nitrogens with one attached hydrogen (secondary N) is 1. The standard InChI is InChI=1S/C11H13BrN2/c12-9-1-2-11-8(5-9)3-4-14(11)10-6-13-7-10/h1-2,5,10,13H,3-4,6-7H2. The van der Waals surface area contributed by atoms with E-state index >= 15 is 0 Å². The van der Waals surface area contributed by atoms with Gasteiger partial charge < -0.3 is 10.2 Å². The van der Waals surface area contributed by atoms with Gasteiger partial charge in [-0.25, -0.2) is 0 Å². The molecule has 14 heavy (non-hydrogen) atoms. The number of rotatable bonds is 1. The molecule has 3 rings (SSSR count). The molecule has 0 spiro atoms. The summed E-state index contributed by atoms with van der Waals surface area (Å²) in [6.45, 7) is 3.49. The first-order valence-electron chi connectivity index (χ1n) is 5.10. The summed E-state index contributed by atoms with van der Waals surface area (Å²) in [4.78, 5) is 2.54. The number of benzene rings is 1. The van der Waals surface area contributed by atoms with E-state index in [0.717, 1.165) is 19.1 Å². The first-order chi connectivity index (χ1) is 6.84. The van der Waals surface area contributed by atoms with Crippen molar-refractivity contribution in [1.82, 2.24) is 5.32 Å². The predicted octanol–water partition coefficient (Wildman–Crippen LogP) is 1.78. The number of hydrogen-bond acceptors (Lipinski definition) is 2. The first kappa shape index (κ1) is 8.74. The average Bonchev–Trinajstić information content (AvgIpc) is 2.45. The van der Waals surface area contributed by atoms with Gasteiger partial charge in [0.25, 0.3) is 0 Å². The molecule has 0 radical (unpaired) electrons. The summed E-state index contributed by atoms with van der Waals surface area (Å²) in [5.41, 5.74) is 2.94. The molecule has 0 aliphatic carbocycles. The number of anilines is 1. The molecule has 2 heterocycles. The first-order valence-corrected chi connectivity index (χ1v) is 5.90. The van der Waals surface area contributed by atoms with E-state index in [2.05, 4.69) is 44.3 Å². The van der Waals surface area contributed by atoms with E-state index in [1.54, 1.807) is 0 Å². The van der Waals surface area contributed by atoms with Gasteiger partial charge in [0, 0.05) is 29.8 Å². The molecular weight excluding hydrogens is 240 g/mol. The van der Waals surface area contributed by atoms with E-state index in [9.17, 15) is 0 Å². The van der Waals surface area contributed by atoms with Crippen LogP contribution in [0.3, 0.4) is 0 Å². The average molecular weight is 253 g/mol. The largest absolute Gasteiger partial charge is 0.365 e. The highest BCUT2D eigenvalue weighted by Gasteiger charge is 2.29. The fraction of sp³-hybridized carbons (Fsp3) is 0.455. The molecule has 0 atom stereocenters. The Hall–Kier alpha value is -0.540. The van der Waals surface area contributed by atoms with Crippen LogP contribution in [0.4, 0.5) is 5.69 Å². The lowest BCUT2D eigenvalue weighted by Crippen LogP contribution is -2.56. The van der Waals surface area contributed by atoms with Crippen LogP contribution in [0.1, 0.15) is 5.56 Å². The number of hydrogen-bond donors (Lipinski definition) is 1. The molecule has 1 saturated heterocycles. The quantitative estimate of drug-likeness (QED) is 0.820. The summed E-state index contributed by atoms with van der Waals surface area (Å²) in [6.07, 6.45) is 1.20. The van der Waals surface area contributed by atoms with Crippen molar-refractivity contribution in [3.63, 3.8) is 0 Å². The highest BCUT2D eigenvalue weighted by Crippen LogP contribution is 2.32. The van der Waals surface area contributed by atoms with Crippen LogP contribution in [0, 0.1) is 0 Å². The molecule has 1 aromatic rings. The Morgan fingerprint density at radius 3 is 2.93 bits per heavy atom. The molecule has 0 bridgehead atoms. The smallest absolute Gasteiger partial charge is 0.0539 e. The molecule has 3 heteroatoms. The van der Waals surface area contributed by atoms with Crippen molar-refractivity contribution in [2.24, 2.45) is 0 Å². The van der Waals surface area contributed by atoms with Gasteiger partial charge in [0.1, 0.15) is 0 Å². The third kappa shape index (κ3) is 1.27. The van der Waals surface area contributed by atoms with Crippen molar-refractivity contribution in [1.29, 1.82) is 0 Å². The fourth-order valence-corrected chi connectivity index (χ4v) is 2.68. The maximum absolute atomic E-state index is 3.52. The van der Waals surface area contributed by atoms with E-state index in [1.165, 1.54) is 28.7 Å². The normalized spacial score (nSPS) is 20.8. The maximum atomic E-state index is 3.52. The van der Waals surface area contributed by atoms with Gasteiger partial charge in [-0.15, -0.1) is 0 Å². The summed E-state index contributed by atoms with van der Waals surface area (Å²) in [5, 5.41) is 3.33. The Balaban J connectivity index is 1.93. The predicted molar refractivity (Wildman–Crippen MR) is 61.8 cm³/mol. The highest BCUT2D eigenvalue weighted by atomic mass is 79.9. The summed E-state index contributed by atoms with van der Waals surface area (Å²) in [7, 11) is 0. The van der Waals surface area contributed by atoms with Gasteiger partial charge in [0.15, 0.2) is 0 Å². The van der Waals surface area contributed by atoms with Crippen LogP contribution in [-0.4, -0.2) is 25.7 Å². The molecule has 0 unspecified atom stereocenters. The molecule has 1 aromatic carbocycles. The summed E-state index contributed by atoms with van der Waals surface area (Å²) in [6, 6.07) is 7.37. The van der Waals surface area contributed by atoms with Crippen LogP contribution in [0.2, 0.25) is 0 Å². The molecule has 1 N–H and O–H groups in total. The topological polar surface area (TPSA) is 15.3 Å². The Labute approximate surface area is 92.4 Å². The Morgan fingerprint density at radius 2 is 2.21 bits per heavy atom. The van der Waals surface area contributed by atoms with Crippen LogP contribution in [0.15, 0.2) is 22.7 Å². The third-order valence-corrected chi connectivity index (χ3v) is 3.67. The van der Waals surface area contributed by atoms with Crippen molar-refractivity contribution < 1.29 is 0 Å². The minimum absolute atomic E-state index is 0.734. The second kappa shape index (κ2) is 3.24. The summed E-state index contributed by atoms with van der Waals surface area (Å²) >= 11 is 3.52. The van der Waals surface area contributed by atoms with Crippen LogP contribution in [0.5, 0.6) is 0 Å². The minimum atomic E-state index is 0.734. The lowest BCUT2D eigenvalue weighted by atomic mass is 10.1. The van der Waals surface area contributed by atoms with Crippen molar-refractivity contribution in [2.75, 3.05) is 24.5 Å². The second-order valence-corrected chi connectivity index (χ2v) is 4.94. The number of fused-ring (bicyclic) bond motifs is 1. The van der Waals surface area contributed by atoms with Crippen molar-refractivity contribution >= 4 is 21.6 Å². The highest BCUT2D eigenvalue weighted by molar-refractivity contribution is 9.10. The minimum Gasteiger partial charge on any atom is -0.365 e. The molecule has 0 amide bonds. The zero-order chi connectivity index (χ0) is 9.54. The summed E-state index contributed by atoms with van der Waals surface area (Å²) < 4.78 is 1.20. The number of halogens is 1. The molecule has 0 saturated carbocycles. The van der Waals surface area contributed by atoms with Crippen LogP contribution in [-0.2, 0) is 6.42 Å². The van der Waals surface area contributed by atoms with Gasteiger partial charge in [0.05, 0.1) is 6.04 Å². The Morgan fingerprint density at radius 1 is 1.36 bits per heavy atom. The van der Waals surface area contributed by atoms with Gasteiger partial charge in [-0.1, -0.05) is 15.9 Å². The molecule has 2 aliphatic heterocycles. The fourth-order valence-electron chi connectivity index (χ4n) is 2.27. The monoisotopic (exact) mass is 252 g/mol. The van der Waals surface area contributed by atoms with Gasteiger partial charge in [-0.2, -0.15) is 0 Å². The zero-order valence-corrected chi connectivity index (χ0v) is 9.55. The molecule has 1 fully saturated rings. The number of nitrogens with zero attached hydrogens (tertiary/aromatic N) is 1. The molecule has 0 aromatic heterocycles. The lowest BCUT2D eigenvalue weighted by molar-refractivity contribution is 0.420. The van der Waals surface area contributed by atoms with E-state index in [0.29, 0.717) is 0 Å². The van der Waals surface area contributed by atoms with Crippen LogP contribution in [0.25, 0.3) is 0 Å². The SMILES string of the molecule is Brc1ccc2c(c1)CCN2C1CNC1. The van der Waals surface area contributed by atoms with E-state index in [1.807, 2.05) is 0 Å². The van der Waals surface area contributed by atoms with Crippen molar-refractivity contribution in [3.05, 3.63) is 28.2 Å². The van der Waals surface area contributed by atoms with Gasteiger partial charge >= 0.3 is 0 Å². The lowest BCUT2D eigenvalue weighted by Gasteiger charge is -2.37.